The first-order valence-electron chi connectivity index (χ1n) is 7.09. The maximum Gasteiger partial charge on any atom is 0.223 e. The molecule has 0 N–H and O–H groups in total. The molecule has 21 heavy (non-hydrogen) atoms. The van der Waals surface area contributed by atoms with Gasteiger partial charge in [-0.15, -0.1) is 0 Å². The summed E-state index contributed by atoms with van der Waals surface area (Å²) in [4.78, 5) is 14.2. The van der Waals surface area contributed by atoms with E-state index >= 15 is 0 Å². The van der Waals surface area contributed by atoms with Gasteiger partial charge in [-0.05, 0) is 24.1 Å². The number of benzene rings is 1. The molecule has 1 aliphatic heterocycles. The van der Waals surface area contributed by atoms with Crippen molar-refractivity contribution in [1.29, 1.82) is 0 Å². The fraction of sp³-hybridized carbons (Fsp3) is 0.375. The fourth-order valence-electron chi connectivity index (χ4n) is 2.56. The lowest BCUT2D eigenvalue weighted by atomic mass is 10.1. The Morgan fingerprint density at radius 3 is 2.95 bits per heavy atom. The molecule has 1 aliphatic rings. The van der Waals surface area contributed by atoms with E-state index in [-0.39, 0.29) is 5.91 Å². The lowest BCUT2D eigenvalue weighted by Crippen LogP contribution is -2.35. The molecule has 110 valence electrons. The molecule has 0 atom stereocenters. The highest BCUT2D eigenvalue weighted by Gasteiger charge is 2.23. The van der Waals surface area contributed by atoms with Crippen LogP contribution in [0.25, 0.3) is 0 Å². The molecule has 5 nitrogen and oxygen atoms in total. The Hall–Kier alpha value is -2.30. The van der Waals surface area contributed by atoms with Crippen LogP contribution in [0.4, 0.5) is 0 Å². The monoisotopic (exact) mass is 286 g/mol. The summed E-state index contributed by atoms with van der Waals surface area (Å²) in [5.41, 5.74) is 2.17. The summed E-state index contributed by atoms with van der Waals surface area (Å²) in [6.45, 7) is 1.32. The number of fused-ring (bicyclic) bond motifs is 1. The van der Waals surface area contributed by atoms with Crippen molar-refractivity contribution in [2.75, 3.05) is 13.7 Å². The first-order valence-corrected chi connectivity index (χ1v) is 7.09. The van der Waals surface area contributed by atoms with Gasteiger partial charge in [-0.1, -0.05) is 17.3 Å². The Balaban J connectivity index is 1.54. The minimum Gasteiger partial charge on any atom is -0.497 e. The van der Waals surface area contributed by atoms with Crippen molar-refractivity contribution in [1.82, 2.24) is 10.1 Å². The van der Waals surface area contributed by atoms with Crippen molar-refractivity contribution in [2.24, 2.45) is 0 Å². The van der Waals surface area contributed by atoms with E-state index < -0.39 is 0 Å². The van der Waals surface area contributed by atoms with Crippen LogP contribution >= 0.6 is 0 Å². The molecule has 0 unspecified atom stereocenters. The average Bonchev–Trinajstić information content (AvgIpc) is 3.00. The van der Waals surface area contributed by atoms with Gasteiger partial charge in [0.2, 0.25) is 5.91 Å². The first kappa shape index (κ1) is 13.7. The number of carbonyl (C=O) groups excluding carboxylic acids is 1. The van der Waals surface area contributed by atoms with Crippen LogP contribution in [0.2, 0.25) is 0 Å². The Bertz CT molecular complexity index is 619. The highest BCUT2D eigenvalue weighted by Crippen LogP contribution is 2.19. The van der Waals surface area contributed by atoms with Gasteiger partial charge >= 0.3 is 0 Å². The quantitative estimate of drug-likeness (QED) is 0.864. The van der Waals surface area contributed by atoms with E-state index in [0.717, 1.165) is 35.5 Å². The van der Waals surface area contributed by atoms with Crippen LogP contribution in [0.3, 0.4) is 0 Å². The van der Waals surface area contributed by atoms with Gasteiger partial charge < -0.3 is 14.2 Å². The summed E-state index contributed by atoms with van der Waals surface area (Å²) in [5, 5.41) is 3.78. The highest BCUT2D eigenvalue weighted by atomic mass is 16.5. The van der Waals surface area contributed by atoms with Gasteiger partial charge in [-0.25, -0.2) is 0 Å². The molecule has 3 rings (SSSR count). The molecular formula is C16H18N2O3. The largest absolute Gasteiger partial charge is 0.497 e. The van der Waals surface area contributed by atoms with Gasteiger partial charge in [-0.2, -0.15) is 0 Å². The molecule has 2 heterocycles. The zero-order valence-corrected chi connectivity index (χ0v) is 12.0. The number of aromatic nitrogens is 1. The fourth-order valence-corrected chi connectivity index (χ4v) is 2.56. The van der Waals surface area contributed by atoms with Crippen molar-refractivity contribution in [2.45, 2.75) is 25.8 Å². The molecule has 0 fully saturated rings. The topological polar surface area (TPSA) is 55.6 Å². The summed E-state index contributed by atoms with van der Waals surface area (Å²) in [7, 11) is 1.65. The predicted molar refractivity (Wildman–Crippen MR) is 76.9 cm³/mol. The van der Waals surface area contributed by atoms with Crippen LogP contribution in [0.1, 0.15) is 23.3 Å². The van der Waals surface area contributed by atoms with Crippen LogP contribution in [-0.2, 0) is 24.2 Å². The van der Waals surface area contributed by atoms with Crippen LogP contribution in [0.5, 0.6) is 5.75 Å². The third-order valence-corrected chi connectivity index (χ3v) is 3.84. The third-order valence-electron chi connectivity index (χ3n) is 3.84. The van der Waals surface area contributed by atoms with E-state index in [4.69, 9.17) is 9.26 Å². The minimum absolute atomic E-state index is 0.178. The maximum atomic E-state index is 12.3. The second-order valence-corrected chi connectivity index (χ2v) is 5.19. The summed E-state index contributed by atoms with van der Waals surface area (Å²) < 4.78 is 10.3. The molecule has 0 saturated carbocycles. The Labute approximate surface area is 123 Å². The van der Waals surface area contributed by atoms with Crippen LogP contribution in [0, 0.1) is 0 Å². The highest BCUT2D eigenvalue weighted by molar-refractivity contribution is 5.76. The van der Waals surface area contributed by atoms with E-state index in [9.17, 15) is 4.79 Å². The number of hydrogen-bond acceptors (Lipinski definition) is 4. The SMILES string of the molecule is COc1ccc(CCC(=O)N2CCc3oncc3C2)cc1. The molecular weight excluding hydrogens is 268 g/mol. The molecule has 2 aromatic rings. The first-order chi connectivity index (χ1) is 10.3. The zero-order chi connectivity index (χ0) is 14.7. The van der Waals surface area contributed by atoms with Crippen molar-refractivity contribution in [3.05, 3.63) is 47.3 Å². The van der Waals surface area contributed by atoms with Crippen LogP contribution < -0.4 is 4.74 Å². The Morgan fingerprint density at radius 1 is 1.38 bits per heavy atom. The normalized spacial score (nSPS) is 13.9. The number of methoxy groups -OCH3 is 1. The lowest BCUT2D eigenvalue weighted by molar-refractivity contribution is -0.132. The zero-order valence-electron chi connectivity index (χ0n) is 12.0. The number of amides is 1. The van der Waals surface area contributed by atoms with Crippen molar-refractivity contribution < 1.29 is 14.1 Å². The van der Waals surface area contributed by atoms with Gasteiger partial charge in [0, 0.05) is 24.9 Å². The smallest absolute Gasteiger partial charge is 0.223 e. The summed E-state index contributed by atoms with van der Waals surface area (Å²) in [6.07, 6.45) is 3.73. The van der Waals surface area contributed by atoms with E-state index in [0.29, 0.717) is 19.5 Å². The summed E-state index contributed by atoms with van der Waals surface area (Å²) >= 11 is 0. The number of nitrogens with zero attached hydrogens (tertiary/aromatic N) is 2. The van der Waals surface area contributed by atoms with E-state index in [1.54, 1.807) is 13.3 Å². The Morgan fingerprint density at radius 2 is 2.19 bits per heavy atom. The summed E-state index contributed by atoms with van der Waals surface area (Å²) in [5.74, 6) is 1.92. The molecule has 5 heteroatoms. The second kappa shape index (κ2) is 5.99. The van der Waals surface area contributed by atoms with E-state index in [2.05, 4.69) is 5.16 Å². The molecule has 0 bridgehead atoms. The van der Waals surface area contributed by atoms with Crippen LogP contribution in [-0.4, -0.2) is 29.6 Å². The second-order valence-electron chi connectivity index (χ2n) is 5.19. The van der Waals surface area contributed by atoms with Crippen LogP contribution in [0.15, 0.2) is 35.0 Å². The maximum absolute atomic E-state index is 12.3. The van der Waals surface area contributed by atoms with E-state index in [1.807, 2.05) is 29.2 Å². The minimum atomic E-state index is 0.178. The van der Waals surface area contributed by atoms with Crippen molar-refractivity contribution >= 4 is 5.91 Å². The van der Waals surface area contributed by atoms with Gasteiger partial charge in [0.05, 0.1) is 19.9 Å². The van der Waals surface area contributed by atoms with Crippen molar-refractivity contribution in [3.63, 3.8) is 0 Å². The Kier molecular flexibility index (Phi) is 3.90. The number of carbonyl (C=O) groups is 1. The van der Waals surface area contributed by atoms with Gasteiger partial charge in [0.1, 0.15) is 11.5 Å². The standard InChI is InChI=1S/C16H18N2O3/c1-20-14-5-2-12(3-6-14)4-7-16(19)18-9-8-15-13(11-18)10-17-21-15/h2-3,5-6,10H,4,7-9,11H2,1H3. The van der Waals surface area contributed by atoms with Crippen molar-refractivity contribution in [3.8, 4) is 5.75 Å². The number of rotatable bonds is 4. The molecule has 0 saturated heterocycles. The lowest BCUT2D eigenvalue weighted by Gasteiger charge is -2.25. The molecule has 0 spiro atoms. The number of hydrogen-bond donors (Lipinski definition) is 0. The number of aryl methyl sites for hydroxylation is 1. The summed E-state index contributed by atoms with van der Waals surface area (Å²) in [6, 6.07) is 7.84. The van der Waals surface area contributed by atoms with Gasteiger partial charge in [0.25, 0.3) is 0 Å². The predicted octanol–water partition coefficient (Wildman–Crippen LogP) is 2.20. The molecule has 0 aliphatic carbocycles. The third kappa shape index (κ3) is 3.07. The van der Waals surface area contributed by atoms with Gasteiger partial charge in [-0.3, -0.25) is 4.79 Å². The average molecular weight is 286 g/mol. The number of ether oxygens (including phenoxy) is 1. The molecule has 1 amide bonds. The molecule has 1 aromatic heterocycles. The molecule has 1 aromatic carbocycles. The van der Waals surface area contributed by atoms with E-state index in [1.165, 1.54) is 0 Å². The van der Waals surface area contributed by atoms with Gasteiger partial charge in [0.15, 0.2) is 0 Å². The molecule has 0 radical (unpaired) electrons.